The summed E-state index contributed by atoms with van der Waals surface area (Å²) in [5.74, 6) is -1.34. The molecule has 25 heavy (non-hydrogen) atoms. The average molecular weight is 361 g/mol. The molecule has 0 spiro atoms. The van der Waals surface area contributed by atoms with Crippen molar-refractivity contribution in [3.05, 3.63) is 29.8 Å². The van der Waals surface area contributed by atoms with Crippen molar-refractivity contribution in [2.24, 2.45) is 0 Å². The molecule has 1 amide bonds. The summed E-state index contributed by atoms with van der Waals surface area (Å²) in [6, 6.07) is 3.50. The van der Waals surface area contributed by atoms with Crippen LogP contribution >= 0.6 is 0 Å². The predicted octanol–water partition coefficient (Wildman–Crippen LogP) is 2.17. The van der Waals surface area contributed by atoms with Crippen LogP contribution in [0, 0.1) is 0 Å². The standard InChI is InChI=1S/C16H18F3NO5/c1-24-13-6-11(7-15(22)23)20(8-13)14(21)9-25-12-4-2-10(3-5-12)16(17,18)19/h2-5,11,13H,6-9H2,1H3,(H,22,23). The second-order valence-electron chi connectivity index (χ2n) is 5.70. The van der Waals surface area contributed by atoms with Crippen LogP contribution in [-0.2, 0) is 20.5 Å². The first-order chi connectivity index (χ1) is 11.7. The normalized spacial score (nSPS) is 20.6. The minimum atomic E-state index is -4.44. The molecule has 1 aromatic rings. The van der Waals surface area contributed by atoms with Gasteiger partial charge in [-0.2, -0.15) is 13.2 Å². The van der Waals surface area contributed by atoms with E-state index in [0.717, 1.165) is 24.3 Å². The number of carboxylic acid groups (broad SMARTS) is 1. The van der Waals surface area contributed by atoms with E-state index in [1.54, 1.807) is 0 Å². The molecule has 2 atom stereocenters. The Morgan fingerprint density at radius 3 is 2.44 bits per heavy atom. The fourth-order valence-electron chi connectivity index (χ4n) is 2.71. The molecule has 1 fully saturated rings. The van der Waals surface area contributed by atoms with Crippen LogP contribution in [0.2, 0.25) is 0 Å². The number of carbonyl (C=O) groups excluding carboxylic acids is 1. The number of methoxy groups -OCH3 is 1. The molecule has 1 aliphatic rings. The van der Waals surface area contributed by atoms with Crippen molar-refractivity contribution < 1.29 is 37.3 Å². The molecule has 1 heterocycles. The van der Waals surface area contributed by atoms with Crippen molar-refractivity contribution in [2.75, 3.05) is 20.3 Å². The Kier molecular flexibility index (Phi) is 5.89. The number of hydrogen-bond donors (Lipinski definition) is 1. The van der Waals surface area contributed by atoms with E-state index in [9.17, 15) is 22.8 Å². The molecule has 0 aromatic heterocycles. The summed E-state index contributed by atoms with van der Waals surface area (Å²) < 4.78 is 47.9. The zero-order valence-electron chi connectivity index (χ0n) is 13.5. The first kappa shape index (κ1) is 19.0. The summed E-state index contributed by atoms with van der Waals surface area (Å²) >= 11 is 0. The summed E-state index contributed by atoms with van der Waals surface area (Å²) in [5, 5.41) is 8.93. The zero-order valence-corrected chi connectivity index (χ0v) is 13.5. The number of halogens is 3. The number of alkyl halides is 3. The monoisotopic (exact) mass is 361 g/mol. The van der Waals surface area contributed by atoms with E-state index in [1.165, 1.54) is 12.0 Å². The second kappa shape index (κ2) is 7.73. The van der Waals surface area contributed by atoms with Crippen molar-refractivity contribution in [1.29, 1.82) is 0 Å². The van der Waals surface area contributed by atoms with Gasteiger partial charge in [-0.25, -0.2) is 0 Å². The first-order valence-electron chi connectivity index (χ1n) is 7.55. The van der Waals surface area contributed by atoms with Gasteiger partial charge in [0.05, 0.1) is 18.1 Å². The maximum atomic E-state index is 12.5. The highest BCUT2D eigenvalue weighted by Gasteiger charge is 2.36. The van der Waals surface area contributed by atoms with Gasteiger partial charge in [-0.1, -0.05) is 0 Å². The van der Waals surface area contributed by atoms with E-state index in [2.05, 4.69) is 0 Å². The molecule has 1 aromatic carbocycles. The molecule has 0 bridgehead atoms. The molecular formula is C16H18F3NO5. The van der Waals surface area contributed by atoms with E-state index >= 15 is 0 Å². The lowest BCUT2D eigenvalue weighted by Gasteiger charge is -2.23. The van der Waals surface area contributed by atoms with Gasteiger partial charge in [-0.15, -0.1) is 0 Å². The van der Waals surface area contributed by atoms with Crippen molar-refractivity contribution in [3.63, 3.8) is 0 Å². The van der Waals surface area contributed by atoms with Crippen LogP contribution in [0.4, 0.5) is 13.2 Å². The van der Waals surface area contributed by atoms with Gasteiger partial charge in [0.1, 0.15) is 5.75 Å². The predicted molar refractivity (Wildman–Crippen MR) is 80.1 cm³/mol. The highest BCUT2D eigenvalue weighted by Crippen LogP contribution is 2.30. The van der Waals surface area contributed by atoms with Crippen LogP contribution in [-0.4, -0.2) is 54.3 Å². The zero-order chi connectivity index (χ0) is 18.6. The van der Waals surface area contributed by atoms with Crippen LogP contribution < -0.4 is 4.74 Å². The quantitative estimate of drug-likeness (QED) is 0.841. The third-order valence-electron chi connectivity index (χ3n) is 3.98. The summed E-state index contributed by atoms with van der Waals surface area (Å²) in [6.07, 6.45) is -4.48. The number of benzene rings is 1. The van der Waals surface area contributed by atoms with Crippen LogP contribution in [0.15, 0.2) is 24.3 Å². The van der Waals surface area contributed by atoms with Crippen LogP contribution in [0.25, 0.3) is 0 Å². The lowest BCUT2D eigenvalue weighted by molar-refractivity contribution is -0.141. The van der Waals surface area contributed by atoms with Crippen LogP contribution in [0.3, 0.4) is 0 Å². The van der Waals surface area contributed by atoms with Crippen molar-refractivity contribution in [2.45, 2.75) is 31.2 Å². The topological polar surface area (TPSA) is 76.1 Å². The number of carbonyl (C=O) groups is 2. The first-order valence-corrected chi connectivity index (χ1v) is 7.55. The Balaban J connectivity index is 1.95. The fourth-order valence-corrected chi connectivity index (χ4v) is 2.71. The molecule has 0 saturated carbocycles. The Labute approximate surface area is 142 Å². The van der Waals surface area contributed by atoms with E-state index in [1.807, 2.05) is 0 Å². The van der Waals surface area contributed by atoms with Crippen molar-refractivity contribution in [3.8, 4) is 5.75 Å². The highest BCUT2D eigenvalue weighted by molar-refractivity contribution is 5.79. The summed E-state index contributed by atoms with van der Waals surface area (Å²) in [7, 11) is 1.48. The number of hydrogen-bond acceptors (Lipinski definition) is 4. The number of ether oxygens (including phenoxy) is 2. The molecule has 9 heteroatoms. The van der Waals surface area contributed by atoms with Gasteiger partial charge in [0, 0.05) is 19.7 Å². The van der Waals surface area contributed by atoms with E-state index in [0.29, 0.717) is 6.42 Å². The third kappa shape index (κ3) is 5.09. The Hall–Kier alpha value is -2.29. The van der Waals surface area contributed by atoms with Crippen molar-refractivity contribution >= 4 is 11.9 Å². The average Bonchev–Trinajstić information content (AvgIpc) is 2.94. The second-order valence-corrected chi connectivity index (χ2v) is 5.70. The maximum Gasteiger partial charge on any atom is 0.416 e. The van der Waals surface area contributed by atoms with Gasteiger partial charge in [0.2, 0.25) is 0 Å². The van der Waals surface area contributed by atoms with E-state index in [4.69, 9.17) is 14.6 Å². The molecule has 1 N–H and O–H groups in total. The SMILES string of the molecule is COC1CC(CC(=O)O)N(C(=O)COc2ccc(C(F)(F)F)cc2)C1. The smallest absolute Gasteiger partial charge is 0.416 e. The molecule has 2 rings (SSSR count). The number of carboxylic acids is 1. The fraction of sp³-hybridized carbons (Fsp3) is 0.500. The molecule has 0 radical (unpaired) electrons. The van der Waals surface area contributed by atoms with Gasteiger partial charge >= 0.3 is 12.1 Å². The lowest BCUT2D eigenvalue weighted by Crippen LogP contribution is -2.40. The third-order valence-corrected chi connectivity index (χ3v) is 3.98. The van der Waals surface area contributed by atoms with Crippen molar-refractivity contribution in [1.82, 2.24) is 4.90 Å². The molecule has 138 valence electrons. The molecule has 1 saturated heterocycles. The number of nitrogens with zero attached hydrogens (tertiary/aromatic N) is 1. The maximum absolute atomic E-state index is 12.5. The van der Waals surface area contributed by atoms with Crippen LogP contribution in [0.5, 0.6) is 5.75 Å². The number of rotatable bonds is 6. The van der Waals surface area contributed by atoms with Gasteiger partial charge in [-0.3, -0.25) is 9.59 Å². The largest absolute Gasteiger partial charge is 0.484 e. The summed E-state index contributed by atoms with van der Waals surface area (Å²) in [4.78, 5) is 24.6. The number of likely N-dealkylation sites (tertiary alicyclic amines) is 1. The van der Waals surface area contributed by atoms with Gasteiger partial charge < -0.3 is 19.5 Å². The molecule has 2 unspecified atom stereocenters. The Bertz CT molecular complexity index is 617. The Morgan fingerprint density at radius 1 is 1.28 bits per heavy atom. The van der Waals surface area contributed by atoms with Crippen LogP contribution in [0.1, 0.15) is 18.4 Å². The molecule has 1 aliphatic heterocycles. The number of aliphatic carboxylic acids is 1. The Morgan fingerprint density at radius 2 is 1.92 bits per heavy atom. The molecule has 0 aliphatic carbocycles. The number of amides is 1. The molecule has 6 nitrogen and oxygen atoms in total. The van der Waals surface area contributed by atoms with Gasteiger partial charge in [-0.05, 0) is 30.7 Å². The van der Waals surface area contributed by atoms with E-state index in [-0.39, 0.29) is 24.8 Å². The minimum Gasteiger partial charge on any atom is -0.484 e. The lowest BCUT2D eigenvalue weighted by atomic mass is 10.1. The van der Waals surface area contributed by atoms with Gasteiger partial charge in [0.25, 0.3) is 5.91 Å². The molecular weight excluding hydrogens is 343 g/mol. The summed E-state index contributed by atoms with van der Waals surface area (Å²) in [6.45, 7) is -0.137. The minimum absolute atomic E-state index is 0.124. The summed E-state index contributed by atoms with van der Waals surface area (Å²) in [5.41, 5.74) is -0.810. The van der Waals surface area contributed by atoms with E-state index < -0.39 is 36.3 Å². The van der Waals surface area contributed by atoms with Gasteiger partial charge in [0.15, 0.2) is 6.61 Å². The highest BCUT2D eigenvalue weighted by atomic mass is 19.4.